The molecule has 0 aliphatic carbocycles. The van der Waals surface area contributed by atoms with Gasteiger partial charge in [0.05, 0.1) is 0 Å². The summed E-state index contributed by atoms with van der Waals surface area (Å²) in [4.78, 5) is 36.0. The van der Waals surface area contributed by atoms with Crippen LogP contribution < -0.4 is 16.2 Å². The highest BCUT2D eigenvalue weighted by Gasteiger charge is 2.09. The molecule has 0 saturated heterocycles. The highest BCUT2D eigenvalue weighted by molar-refractivity contribution is 6.04. The van der Waals surface area contributed by atoms with Crippen molar-refractivity contribution in [2.45, 2.75) is 45.4 Å². The van der Waals surface area contributed by atoms with Gasteiger partial charge in [0.2, 0.25) is 5.91 Å². The quantitative estimate of drug-likeness (QED) is 0.452. The average Bonchev–Trinajstić information content (AvgIpc) is 2.73. The lowest BCUT2D eigenvalue weighted by Gasteiger charge is -2.09. The van der Waals surface area contributed by atoms with E-state index in [-0.39, 0.29) is 11.8 Å². The number of anilines is 1. The Bertz CT molecular complexity index is 773. The summed E-state index contributed by atoms with van der Waals surface area (Å²) in [6, 6.07) is 15.3. The minimum Gasteiger partial charge on any atom is -0.322 e. The van der Waals surface area contributed by atoms with Crippen LogP contribution in [-0.2, 0) is 4.79 Å². The van der Waals surface area contributed by atoms with Crippen molar-refractivity contribution in [2.24, 2.45) is 0 Å². The van der Waals surface area contributed by atoms with Crippen LogP contribution in [0.15, 0.2) is 54.6 Å². The molecule has 6 heteroatoms. The lowest BCUT2D eigenvalue weighted by molar-refractivity contribution is -0.122. The molecule has 0 aliphatic rings. The van der Waals surface area contributed by atoms with Crippen LogP contribution in [0.1, 0.15) is 66.2 Å². The third-order valence-electron chi connectivity index (χ3n) is 4.26. The number of benzene rings is 2. The molecule has 0 aromatic heterocycles. The van der Waals surface area contributed by atoms with Gasteiger partial charge in [-0.25, -0.2) is 0 Å². The van der Waals surface area contributed by atoms with Gasteiger partial charge in [-0.1, -0.05) is 50.8 Å². The Morgan fingerprint density at radius 1 is 0.714 bits per heavy atom. The number of amides is 3. The maximum atomic E-state index is 12.1. The Kier molecular flexibility index (Phi) is 8.72. The Hall–Kier alpha value is -3.15. The monoisotopic (exact) mass is 381 g/mol. The number of hydrazine groups is 1. The van der Waals surface area contributed by atoms with Crippen molar-refractivity contribution >= 4 is 23.4 Å². The summed E-state index contributed by atoms with van der Waals surface area (Å²) in [6.07, 6.45) is 5.71. The van der Waals surface area contributed by atoms with Gasteiger partial charge < -0.3 is 5.32 Å². The van der Waals surface area contributed by atoms with Crippen LogP contribution in [-0.4, -0.2) is 17.7 Å². The summed E-state index contributed by atoms with van der Waals surface area (Å²) in [5.74, 6) is -0.819. The molecule has 6 nitrogen and oxygen atoms in total. The number of rotatable bonds is 9. The lowest BCUT2D eigenvalue weighted by Crippen LogP contribution is -2.41. The molecule has 0 spiro atoms. The van der Waals surface area contributed by atoms with Crippen LogP contribution in [0.2, 0.25) is 0 Å². The zero-order chi connectivity index (χ0) is 20.2. The van der Waals surface area contributed by atoms with Crippen LogP contribution >= 0.6 is 0 Å². The molecule has 3 amide bonds. The van der Waals surface area contributed by atoms with E-state index in [1.807, 2.05) is 6.07 Å². The number of hydrogen-bond donors (Lipinski definition) is 3. The van der Waals surface area contributed by atoms with Crippen molar-refractivity contribution in [3.63, 3.8) is 0 Å². The van der Waals surface area contributed by atoms with Crippen molar-refractivity contribution in [1.82, 2.24) is 10.9 Å². The molecule has 0 bridgehead atoms. The minimum atomic E-state index is -0.403. The molecule has 0 unspecified atom stereocenters. The molecule has 0 radical (unpaired) electrons. The molecular weight excluding hydrogens is 354 g/mol. The van der Waals surface area contributed by atoms with E-state index in [2.05, 4.69) is 23.1 Å². The SMILES string of the molecule is CCCCCCCC(=O)NNC(=O)c1ccc(NC(=O)c2ccccc2)cc1. The maximum absolute atomic E-state index is 12.1. The highest BCUT2D eigenvalue weighted by Crippen LogP contribution is 2.11. The first-order valence-electron chi connectivity index (χ1n) is 9.66. The van der Waals surface area contributed by atoms with E-state index < -0.39 is 5.91 Å². The molecule has 2 aromatic rings. The van der Waals surface area contributed by atoms with Gasteiger partial charge >= 0.3 is 0 Å². The predicted molar refractivity (Wildman–Crippen MR) is 110 cm³/mol. The predicted octanol–water partition coefficient (Wildman–Crippen LogP) is 4.06. The Balaban J connectivity index is 1.75. The molecule has 2 aromatic carbocycles. The van der Waals surface area contributed by atoms with Crippen LogP contribution in [0.4, 0.5) is 5.69 Å². The highest BCUT2D eigenvalue weighted by atomic mass is 16.2. The van der Waals surface area contributed by atoms with Crippen molar-refractivity contribution in [2.75, 3.05) is 5.32 Å². The third kappa shape index (κ3) is 7.23. The Morgan fingerprint density at radius 2 is 1.36 bits per heavy atom. The van der Waals surface area contributed by atoms with Crippen molar-refractivity contribution < 1.29 is 14.4 Å². The Morgan fingerprint density at radius 3 is 2.04 bits per heavy atom. The van der Waals surface area contributed by atoms with E-state index in [0.29, 0.717) is 23.2 Å². The molecule has 3 N–H and O–H groups in total. The van der Waals surface area contributed by atoms with Crippen LogP contribution in [0, 0.1) is 0 Å². The zero-order valence-corrected chi connectivity index (χ0v) is 16.2. The van der Waals surface area contributed by atoms with Crippen LogP contribution in [0.3, 0.4) is 0 Å². The number of nitrogens with one attached hydrogen (secondary N) is 3. The van der Waals surface area contributed by atoms with Crippen LogP contribution in [0.5, 0.6) is 0 Å². The Labute approximate surface area is 165 Å². The number of carbonyl (C=O) groups excluding carboxylic acids is 3. The van der Waals surface area contributed by atoms with E-state index in [4.69, 9.17) is 0 Å². The molecule has 0 heterocycles. The lowest BCUT2D eigenvalue weighted by atomic mass is 10.1. The number of hydrogen-bond acceptors (Lipinski definition) is 3. The largest absolute Gasteiger partial charge is 0.322 e. The van der Waals surface area contributed by atoms with Crippen LogP contribution in [0.25, 0.3) is 0 Å². The fourth-order valence-corrected chi connectivity index (χ4v) is 2.65. The molecule has 0 saturated carbocycles. The van der Waals surface area contributed by atoms with Crippen molar-refractivity contribution in [1.29, 1.82) is 0 Å². The number of carbonyl (C=O) groups is 3. The smallest absolute Gasteiger partial charge is 0.269 e. The summed E-state index contributed by atoms with van der Waals surface area (Å²) in [5, 5.41) is 2.77. The van der Waals surface area contributed by atoms with Gasteiger partial charge in [-0.05, 0) is 42.8 Å². The zero-order valence-electron chi connectivity index (χ0n) is 16.2. The first kappa shape index (κ1) is 21.2. The van der Waals surface area contributed by atoms with Gasteiger partial charge in [0.15, 0.2) is 0 Å². The summed E-state index contributed by atoms with van der Waals surface area (Å²) < 4.78 is 0. The second-order valence-corrected chi connectivity index (χ2v) is 6.56. The standard InChI is InChI=1S/C22H27N3O3/c1-2-3-4-5-9-12-20(26)24-25-22(28)18-13-15-19(16-14-18)23-21(27)17-10-7-6-8-11-17/h6-8,10-11,13-16H,2-5,9,12H2,1H3,(H,23,27)(H,24,26)(H,25,28). The minimum absolute atomic E-state index is 0.198. The topological polar surface area (TPSA) is 87.3 Å². The average molecular weight is 381 g/mol. The first-order chi connectivity index (χ1) is 13.6. The summed E-state index contributed by atoms with van der Waals surface area (Å²) >= 11 is 0. The molecule has 0 fully saturated rings. The van der Waals surface area contributed by atoms with E-state index in [1.54, 1.807) is 48.5 Å². The normalized spacial score (nSPS) is 10.2. The fourth-order valence-electron chi connectivity index (χ4n) is 2.65. The van der Waals surface area contributed by atoms with Gasteiger partial charge in [-0.15, -0.1) is 0 Å². The molecule has 28 heavy (non-hydrogen) atoms. The second-order valence-electron chi connectivity index (χ2n) is 6.56. The van der Waals surface area contributed by atoms with Gasteiger partial charge in [0.25, 0.3) is 11.8 Å². The third-order valence-corrected chi connectivity index (χ3v) is 4.26. The summed E-state index contributed by atoms with van der Waals surface area (Å²) in [5.41, 5.74) is 6.37. The molecule has 148 valence electrons. The van der Waals surface area contributed by atoms with Gasteiger partial charge in [0, 0.05) is 23.2 Å². The molecule has 0 atom stereocenters. The van der Waals surface area contributed by atoms with Gasteiger partial charge in [0.1, 0.15) is 0 Å². The maximum Gasteiger partial charge on any atom is 0.269 e. The van der Waals surface area contributed by atoms with E-state index in [0.717, 1.165) is 25.7 Å². The molecule has 0 aliphatic heterocycles. The van der Waals surface area contributed by atoms with Crippen molar-refractivity contribution in [3.05, 3.63) is 65.7 Å². The molecular formula is C22H27N3O3. The fraction of sp³-hybridized carbons (Fsp3) is 0.318. The summed E-state index contributed by atoms with van der Waals surface area (Å²) in [6.45, 7) is 2.14. The first-order valence-corrected chi connectivity index (χ1v) is 9.66. The van der Waals surface area contributed by atoms with Gasteiger partial charge in [-0.3, -0.25) is 25.2 Å². The van der Waals surface area contributed by atoms with E-state index >= 15 is 0 Å². The number of unbranched alkanes of at least 4 members (excludes halogenated alkanes) is 4. The van der Waals surface area contributed by atoms with E-state index in [1.165, 1.54) is 6.42 Å². The molecule has 2 rings (SSSR count). The van der Waals surface area contributed by atoms with Crippen molar-refractivity contribution in [3.8, 4) is 0 Å². The van der Waals surface area contributed by atoms with E-state index in [9.17, 15) is 14.4 Å². The van der Waals surface area contributed by atoms with Gasteiger partial charge in [-0.2, -0.15) is 0 Å². The summed E-state index contributed by atoms with van der Waals surface area (Å²) in [7, 11) is 0. The second kappa shape index (κ2) is 11.5.